The maximum Gasteiger partial charge on any atom is 0.317 e. The highest BCUT2D eigenvalue weighted by atomic mass is 32.1. The monoisotopic (exact) mass is 344 g/mol. The lowest BCUT2D eigenvalue weighted by molar-refractivity contribution is -0.151. The van der Waals surface area contributed by atoms with Crippen LogP contribution in [0.1, 0.15) is 30.4 Å². The summed E-state index contributed by atoms with van der Waals surface area (Å²) in [5.74, 6) is -2.34. The van der Waals surface area contributed by atoms with Gasteiger partial charge in [-0.05, 0) is 65.1 Å². The molecule has 1 aromatic heterocycles. The molecule has 0 aliphatic heterocycles. The van der Waals surface area contributed by atoms with Crippen molar-refractivity contribution in [3.63, 3.8) is 0 Å². The molecule has 124 valence electrons. The first-order valence-electron chi connectivity index (χ1n) is 7.79. The van der Waals surface area contributed by atoms with Crippen molar-refractivity contribution in [1.29, 1.82) is 0 Å². The highest BCUT2D eigenvalue weighted by Crippen LogP contribution is 2.40. The molecule has 2 atom stereocenters. The third-order valence-electron chi connectivity index (χ3n) is 4.20. The maximum atomic E-state index is 13.2. The van der Waals surface area contributed by atoms with Crippen molar-refractivity contribution >= 4 is 28.7 Å². The van der Waals surface area contributed by atoms with Gasteiger partial charge in [0.05, 0.1) is 6.61 Å². The second-order valence-electron chi connectivity index (χ2n) is 5.68. The van der Waals surface area contributed by atoms with Gasteiger partial charge in [-0.1, -0.05) is 12.1 Å². The van der Waals surface area contributed by atoms with E-state index in [-0.39, 0.29) is 24.1 Å². The summed E-state index contributed by atoms with van der Waals surface area (Å²) in [6.07, 6.45) is 2.08. The van der Waals surface area contributed by atoms with Gasteiger partial charge in [0.15, 0.2) is 5.78 Å². The Morgan fingerprint density at radius 2 is 2.04 bits per heavy atom. The quantitative estimate of drug-likeness (QED) is 0.616. The van der Waals surface area contributed by atoms with Gasteiger partial charge in [-0.25, -0.2) is 4.39 Å². The number of carbonyl (C=O) groups excluding carboxylic acids is 2. The maximum absolute atomic E-state index is 13.2. The third-order valence-corrected chi connectivity index (χ3v) is 4.88. The van der Waals surface area contributed by atoms with Crippen LogP contribution < -0.4 is 0 Å². The third kappa shape index (κ3) is 3.31. The first-order valence-corrected chi connectivity index (χ1v) is 8.73. The Morgan fingerprint density at radius 3 is 2.67 bits per heavy atom. The van der Waals surface area contributed by atoms with E-state index in [0.29, 0.717) is 6.42 Å². The lowest BCUT2D eigenvalue weighted by Crippen LogP contribution is -2.34. The molecule has 5 heteroatoms. The topological polar surface area (TPSA) is 43.4 Å². The van der Waals surface area contributed by atoms with Gasteiger partial charge < -0.3 is 4.74 Å². The molecule has 1 aromatic carbocycles. The molecule has 0 amide bonds. The fraction of sp³-hybridized carbons (Fsp3) is 0.263. The SMILES string of the molecule is CCOC(=O)[C@@H]1C(=O)C=C(c2ccsc2)C[C@H]1c1ccc(F)cc1. The Labute approximate surface area is 143 Å². The number of halogens is 1. The van der Waals surface area contributed by atoms with Crippen LogP contribution in [0.15, 0.2) is 47.2 Å². The highest BCUT2D eigenvalue weighted by Gasteiger charge is 2.39. The highest BCUT2D eigenvalue weighted by molar-refractivity contribution is 7.08. The zero-order valence-corrected chi connectivity index (χ0v) is 14.0. The molecule has 1 aliphatic carbocycles. The van der Waals surface area contributed by atoms with Gasteiger partial charge in [0.1, 0.15) is 11.7 Å². The Hall–Kier alpha value is -2.27. The summed E-state index contributed by atoms with van der Waals surface area (Å²) < 4.78 is 18.3. The predicted octanol–water partition coefficient (Wildman–Crippen LogP) is 4.21. The fourth-order valence-electron chi connectivity index (χ4n) is 3.05. The van der Waals surface area contributed by atoms with Gasteiger partial charge in [-0.15, -0.1) is 0 Å². The van der Waals surface area contributed by atoms with E-state index in [2.05, 4.69) is 0 Å². The van der Waals surface area contributed by atoms with Crippen LogP contribution in [0.25, 0.3) is 5.57 Å². The van der Waals surface area contributed by atoms with Gasteiger partial charge in [0, 0.05) is 5.92 Å². The summed E-state index contributed by atoms with van der Waals surface area (Å²) in [5, 5.41) is 3.93. The number of benzene rings is 1. The average Bonchev–Trinajstić information content (AvgIpc) is 3.09. The second kappa shape index (κ2) is 7.09. The molecule has 0 bridgehead atoms. The van der Waals surface area contributed by atoms with Gasteiger partial charge >= 0.3 is 5.97 Å². The number of ketones is 1. The summed E-state index contributed by atoms with van der Waals surface area (Å²) in [6, 6.07) is 7.93. The first-order chi connectivity index (χ1) is 11.6. The number of carbonyl (C=O) groups is 2. The molecule has 0 saturated carbocycles. The molecule has 0 saturated heterocycles. The van der Waals surface area contributed by atoms with Crippen molar-refractivity contribution in [3.05, 3.63) is 64.1 Å². The van der Waals surface area contributed by atoms with Crippen LogP contribution in [-0.4, -0.2) is 18.4 Å². The number of ether oxygens (including phenoxy) is 1. The summed E-state index contributed by atoms with van der Waals surface area (Å²) in [5.41, 5.74) is 2.66. The number of hydrogen-bond donors (Lipinski definition) is 0. The Balaban J connectivity index is 2.00. The standard InChI is InChI=1S/C19H17FO3S/c1-2-23-19(22)18-16(12-3-5-15(20)6-4-12)9-14(10-17(18)21)13-7-8-24-11-13/h3-8,10-11,16,18H,2,9H2,1H3/t16-,18-/m0/s1. The Bertz CT molecular complexity index is 762. The fourth-order valence-corrected chi connectivity index (χ4v) is 3.73. The van der Waals surface area contributed by atoms with E-state index in [4.69, 9.17) is 4.74 Å². The van der Waals surface area contributed by atoms with E-state index < -0.39 is 11.9 Å². The number of thiophene rings is 1. The number of hydrogen-bond acceptors (Lipinski definition) is 4. The lowest BCUT2D eigenvalue weighted by Gasteiger charge is -2.29. The molecule has 2 aromatic rings. The van der Waals surface area contributed by atoms with E-state index in [1.807, 2.05) is 16.8 Å². The van der Waals surface area contributed by atoms with E-state index >= 15 is 0 Å². The Morgan fingerprint density at radius 1 is 1.29 bits per heavy atom. The van der Waals surface area contributed by atoms with E-state index in [1.54, 1.807) is 36.5 Å². The molecule has 3 rings (SSSR count). The van der Waals surface area contributed by atoms with Crippen molar-refractivity contribution in [2.45, 2.75) is 19.3 Å². The van der Waals surface area contributed by atoms with Crippen molar-refractivity contribution < 1.29 is 18.7 Å². The summed E-state index contributed by atoms with van der Waals surface area (Å²) in [4.78, 5) is 24.9. The number of allylic oxidation sites excluding steroid dienone is 2. The summed E-state index contributed by atoms with van der Waals surface area (Å²) >= 11 is 1.56. The zero-order chi connectivity index (χ0) is 17.1. The van der Waals surface area contributed by atoms with Crippen LogP contribution in [-0.2, 0) is 14.3 Å². The lowest BCUT2D eigenvalue weighted by atomic mass is 9.74. The van der Waals surface area contributed by atoms with Gasteiger partial charge in [-0.2, -0.15) is 11.3 Å². The summed E-state index contributed by atoms with van der Waals surface area (Å²) in [7, 11) is 0. The minimum atomic E-state index is -0.877. The number of rotatable bonds is 4. The van der Waals surface area contributed by atoms with E-state index in [1.165, 1.54) is 12.1 Å². The van der Waals surface area contributed by atoms with Crippen LogP contribution in [0.2, 0.25) is 0 Å². The molecule has 0 radical (unpaired) electrons. The number of esters is 1. The van der Waals surface area contributed by atoms with Crippen molar-refractivity contribution in [2.24, 2.45) is 5.92 Å². The molecule has 3 nitrogen and oxygen atoms in total. The molecular weight excluding hydrogens is 327 g/mol. The largest absolute Gasteiger partial charge is 0.465 e. The van der Waals surface area contributed by atoms with Gasteiger partial charge in [0.25, 0.3) is 0 Å². The van der Waals surface area contributed by atoms with E-state index in [0.717, 1.165) is 16.7 Å². The van der Waals surface area contributed by atoms with Crippen molar-refractivity contribution in [1.82, 2.24) is 0 Å². The molecular formula is C19H17FO3S. The average molecular weight is 344 g/mol. The molecule has 0 spiro atoms. The Kier molecular flexibility index (Phi) is 4.90. The van der Waals surface area contributed by atoms with Gasteiger partial charge in [-0.3, -0.25) is 9.59 Å². The molecule has 24 heavy (non-hydrogen) atoms. The zero-order valence-electron chi connectivity index (χ0n) is 13.2. The van der Waals surface area contributed by atoms with Crippen molar-refractivity contribution in [2.75, 3.05) is 6.61 Å². The predicted molar refractivity (Wildman–Crippen MR) is 91.2 cm³/mol. The minimum Gasteiger partial charge on any atom is -0.465 e. The van der Waals surface area contributed by atoms with Crippen LogP contribution in [0.5, 0.6) is 0 Å². The molecule has 0 N–H and O–H groups in total. The van der Waals surface area contributed by atoms with Gasteiger partial charge in [0.2, 0.25) is 0 Å². The summed E-state index contributed by atoms with van der Waals surface area (Å²) in [6.45, 7) is 1.94. The minimum absolute atomic E-state index is 0.222. The van der Waals surface area contributed by atoms with Crippen LogP contribution in [0.3, 0.4) is 0 Å². The molecule has 0 unspecified atom stereocenters. The van der Waals surface area contributed by atoms with Crippen LogP contribution in [0, 0.1) is 11.7 Å². The smallest absolute Gasteiger partial charge is 0.317 e. The van der Waals surface area contributed by atoms with Crippen LogP contribution in [0.4, 0.5) is 4.39 Å². The van der Waals surface area contributed by atoms with E-state index in [9.17, 15) is 14.0 Å². The first kappa shape index (κ1) is 16.6. The molecule has 1 aliphatic rings. The molecule has 0 fully saturated rings. The van der Waals surface area contributed by atoms with Crippen molar-refractivity contribution in [3.8, 4) is 0 Å². The molecule has 1 heterocycles. The second-order valence-corrected chi connectivity index (χ2v) is 6.46. The van der Waals surface area contributed by atoms with Crippen LogP contribution >= 0.6 is 11.3 Å². The normalized spacial score (nSPS) is 20.6.